The van der Waals surface area contributed by atoms with Crippen molar-refractivity contribution >= 4 is 6.09 Å². The highest BCUT2D eigenvalue weighted by Gasteiger charge is 2.23. The molecule has 0 aliphatic carbocycles. The Morgan fingerprint density at radius 3 is 2.63 bits per heavy atom. The average molecular weight is 269 g/mol. The van der Waals surface area contributed by atoms with Gasteiger partial charge in [0.1, 0.15) is 19.3 Å². The summed E-state index contributed by atoms with van der Waals surface area (Å²) in [5, 5.41) is 29.8. The van der Waals surface area contributed by atoms with E-state index in [0.29, 0.717) is 30.3 Å². The topological polar surface area (TPSA) is 108 Å². The summed E-state index contributed by atoms with van der Waals surface area (Å²) >= 11 is 0. The molecular formula is C12H15NO6. The van der Waals surface area contributed by atoms with Gasteiger partial charge in [-0.15, -0.1) is 0 Å². The van der Waals surface area contributed by atoms with Crippen LogP contribution in [0.5, 0.6) is 11.5 Å². The van der Waals surface area contributed by atoms with E-state index < -0.39 is 24.8 Å². The van der Waals surface area contributed by atoms with E-state index in [1.807, 2.05) is 0 Å². The van der Waals surface area contributed by atoms with Crippen molar-refractivity contribution in [1.29, 1.82) is 0 Å². The van der Waals surface area contributed by atoms with Gasteiger partial charge in [-0.1, -0.05) is 6.07 Å². The van der Waals surface area contributed by atoms with Gasteiger partial charge in [-0.05, 0) is 17.7 Å². The van der Waals surface area contributed by atoms with Crippen molar-refractivity contribution in [2.45, 2.75) is 12.1 Å². The molecule has 7 nitrogen and oxygen atoms in total. The zero-order valence-corrected chi connectivity index (χ0v) is 10.1. The van der Waals surface area contributed by atoms with Gasteiger partial charge in [0.2, 0.25) is 0 Å². The molecule has 2 atom stereocenters. The van der Waals surface area contributed by atoms with Gasteiger partial charge in [-0.3, -0.25) is 0 Å². The lowest BCUT2D eigenvalue weighted by atomic mass is 10.0. The lowest BCUT2D eigenvalue weighted by Gasteiger charge is -2.23. The third kappa shape index (κ3) is 3.07. The second kappa shape index (κ2) is 5.77. The smallest absolute Gasteiger partial charge is 0.405 e. The molecule has 1 aliphatic rings. The predicted molar refractivity (Wildman–Crippen MR) is 64.4 cm³/mol. The van der Waals surface area contributed by atoms with Crippen LogP contribution in [0.2, 0.25) is 0 Å². The van der Waals surface area contributed by atoms with Gasteiger partial charge in [-0.2, -0.15) is 0 Å². The molecule has 0 radical (unpaired) electrons. The summed E-state index contributed by atoms with van der Waals surface area (Å²) in [7, 11) is 0. The largest absolute Gasteiger partial charge is 0.486 e. The first-order valence-corrected chi connectivity index (χ1v) is 5.79. The van der Waals surface area contributed by atoms with E-state index >= 15 is 0 Å². The number of amides is 1. The average Bonchev–Trinajstić information content (AvgIpc) is 2.43. The van der Waals surface area contributed by atoms with E-state index in [9.17, 15) is 9.90 Å². The van der Waals surface area contributed by atoms with E-state index in [1.54, 1.807) is 18.2 Å². The molecule has 7 heteroatoms. The Labute approximate surface area is 109 Å². The van der Waals surface area contributed by atoms with Crippen LogP contribution in [-0.2, 0) is 0 Å². The Hall–Kier alpha value is -1.99. The minimum Gasteiger partial charge on any atom is -0.486 e. The maximum atomic E-state index is 10.6. The standard InChI is InChI=1S/C12H15NO6/c14-6-8(13-12(16)17)11(15)7-1-2-9-10(5-7)19-4-3-18-9/h1-2,5,8,11,13-15H,3-4,6H2,(H,16,17). The highest BCUT2D eigenvalue weighted by molar-refractivity contribution is 5.65. The molecule has 0 saturated heterocycles. The molecule has 2 rings (SSSR count). The van der Waals surface area contributed by atoms with Crippen LogP contribution < -0.4 is 14.8 Å². The highest BCUT2D eigenvalue weighted by atomic mass is 16.6. The minimum atomic E-state index is -1.31. The van der Waals surface area contributed by atoms with Crippen molar-refractivity contribution in [3.63, 3.8) is 0 Å². The van der Waals surface area contributed by atoms with Crippen molar-refractivity contribution in [3.05, 3.63) is 23.8 Å². The fourth-order valence-corrected chi connectivity index (χ4v) is 1.86. The van der Waals surface area contributed by atoms with Gasteiger partial charge < -0.3 is 30.1 Å². The lowest BCUT2D eigenvalue weighted by molar-refractivity contribution is 0.0862. The van der Waals surface area contributed by atoms with Crippen molar-refractivity contribution in [3.8, 4) is 11.5 Å². The third-order valence-electron chi connectivity index (χ3n) is 2.79. The number of aliphatic hydroxyl groups is 2. The summed E-state index contributed by atoms with van der Waals surface area (Å²) in [6.45, 7) is 0.375. The number of carboxylic acid groups (broad SMARTS) is 1. The van der Waals surface area contributed by atoms with Crippen molar-refractivity contribution < 1.29 is 29.6 Å². The van der Waals surface area contributed by atoms with Crippen LogP contribution in [0.1, 0.15) is 11.7 Å². The van der Waals surface area contributed by atoms with Gasteiger partial charge in [0.15, 0.2) is 11.5 Å². The molecular weight excluding hydrogens is 254 g/mol. The van der Waals surface area contributed by atoms with Gasteiger partial charge in [0.05, 0.1) is 12.6 Å². The van der Waals surface area contributed by atoms with Gasteiger partial charge in [0, 0.05) is 0 Å². The van der Waals surface area contributed by atoms with Gasteiger partial charge in [0.25, 0.3) is 0 Å². The molecule has 0 spiro atoms. The number of aliphatic hydroxyl groups excluding tert-OH is 2. The second-order valence-electron chi connectivity index (χ2n) is 4.09. The summed E-state index contributed by atoms with van der Waals surface area (Å²) in [5.41, 5.74) is 0.442. The molecule has 1 aromatic carbocycles. The number of benzene rings is 1. The Balaban J connectivity index is 2.18. The number of hydrogen-bond acceptors (Lipinski definition) is 5. The normalized spacial score (nSPS) is 16.5. The molecule has 4 N–H and O–H groups in total. The number of rotatable bonds is 4. The third-order valence-corrected chi connectivity index (χ3v) is 2.79. The SMILES string of the molecule is O=C(O)NC(CO)C(O)c1ccc2c(c1)OCCO2. The monoisotopic (exact) mass is 269 g/mol. The van der Waals surface area contributed by atoms with Crippen LogP contribution in [0.3, 0.4) is 0 Å². The summed E-state index contributed by atoms with van der Waals surface area (Å²) in [6.07, 6.45) is -2.48. The van der Waals surface area contributed by atoms with Gasteiger partial charge in [-0.25, -0.2) is 4.79 Å². The zero-order chi connectivity index (χ0) is 13.8. The number of fused-ring (bicyclic) bond motifs is 1. The summed E-state index contributed by atoms with van der Waals surface area (Å²) in [6, 6.07) is 3.82. The first-order chi connectivity index (χ1) is 9.11. The van der Waals surface area contributed by atoms with E-state index in [4.69, 9.17) is 19.7 Å². The molecule has 19 heavy (non-hydrogen) atoms. The highest BCUT2D eigenvalue weighted by Crippen LogP contribution is 2.33. The minimum absolute atomic E-state index is 0.420. The molecule has 1 aromatic rings. The molecule has 0 aromatic heterocycles. The summed E-state index contributed by atoms with van der Waals surface area (Å²) < 4.78 is 10.7. The molecule has 0 saturated carbocycles. The summed E-state index contributed by atoms with van der Waals surface area (Å²) in [4.78, 5) is 10.6. The second-order valence-corrected chi connectivity index (χ2v) is 4.09. The van der Waals surface area contributed by atoms with Crippen LogP contribution >= 0.6 is 0 Å². The molecule has 1 amide bonds. The Kier molecular flexibility index (Phi) is 4.08. The molecule has 0 fully saturated rings. The van der Waals surface area contributed by atoms with E-state index in [1.165, 1.54) is 0 Å². The van der Waals surface area contributed by atoms with Crippen LogP contribution in [0, 0.1) is 0 Å². The van der Waals surface area contributed by atoms with Crippen LogP contribution in [0.25, 0.3) is 0 Å². The molecule has 2 unspecified atom stereocenters. The number of carbonyl (C=O) groups is 1. The first kappa shape index (κ1) is 13.4. The van der Waals surface area contributed by atoms with Crippen molar-refractivity contribution in [1.82, 2.24) is 5.32 Å². The molecule has 1 aliphatic heterocycles. The Bertz CT molecular complexity index is 464. The molecule has 0 bridgehead atoms. The van der Waals surface area contributed by atoms with Crippen LogP contribution in [-0.4, -0.2) is 47.3 Å². The van der Waals surface area contributed by atoms with Gasteiger partial charge >= 0.3 is 6.09 Å². The quantitative estimate of drug-likeness (QED) is 0.618. The number of ether oxygens (including phenoxy) is 2. The fourth-order valence-electron chi connectivity index (χ4n) is 1.86. The van der Waals surface area contributed by atoms with E-state index in [2.05, 4.69) is 5.32 Å². The maximum absolute atomic E-state index is 10.6. The Morgan fingerprint density at radius 2 is 2.00 bits per heavy atom. The maximum Gasteiger partial charge on any atom is 0.405 e. The Morgan fingerprint density at radius 1 is 1.32 bits per heavy atom. The molecule has 1 heterocycles. The lowest BCUT2D eigenvalue weighted by Crippen LogP contribution is -2.41. The van der Waals surface area contributed by atoms with Crippen molar-refractivity contribution in [2.75, 3.05) is 19.8 Å². The van der Waals surface area contributed by atoms with Crippen LogP contribution in [0.4, 0.5) is 4.79 Å². The molecule has 104 valence electrons. The number of nitrogens with one attached hydrogen (secondary N) is 1. The first-order valence-electron chi connectivity index (χ1n) is 5.79. The van der Waals surface area contributed by atoms with E-state index in [0.717, 1.165) is 0 Å². The van der Waals surface area contributed by atoms with Crippen LogP contribution in [0.15, 0.2) is 18.2 Å². The zero-order valence-electron chi connectivity index (χ0n) is 10.1. The van der Waals surface area contributed by atoms with Crippen molar-refractivity contribution in [2.24, 2.45) is 0 Å². The number of hydrogen-bond donors (Lipinski definition) is 4. The predicted octanol–water partition coefficient (Wildman–Crippen LogP) is 0.120. The summed E-state index contributed by atoms with van der Waals surface area (Å²) in [5.74, 6) is 1.07. The fraction of sp³-hybridized carbons (Fsp3) is 0.417. The van der Waals surface area contributed by atoms with E-state index in [-0.39, 0.29) is 0 Å².